The Labute approximate surface area is 281 Å². The molecule has 0 aliphatic carbocycles. The van der Waals surface area contributed by atoms with E-state index in [0.717, 1.165) is 19.3 Å². The van der Waals surface area contributed by atoms with Crippen molar-refractivity contribution in [1.82, 2.24) is 29.9 Å². The number of imidazole rings is 1. The van der Waals surface area contributed by atoms with E-state index in [4.69, 9.17) is 39.5 Å². The Kier molecular flexibility index (Phi) is 12.4. The van der Waals surface area contributed by atoms with Crippen LogP contribution in [0.5, 0.6) is 0 Å². The van der Waals surface area contributed by atoms with E-state index in [1.165, 1.54) is 12.7 Å². The molecule has 2 fully saturated rings. The van der Waals surface area contributed by atoms with Crippen molar-refractivity contribution in [3.8, 4) is 0 Å². The predicted octanol–water partition coefficient (Wildman–Crippen LogP) is 3.54. The minimum absolute atomic E-state index is 0.0462. The van der Waals surface area contributed by atoms with E-state index in [9.17, 15) is 14.2 Å². The molecule has 0 bridgehead atoms. The summed E-state index contributed by atoms with van der Waals surface area (Å²) in [4.78, 5) is 38.9. The number of nitrogens with one attached hydrogen (secondary N) is 2. The zero-order chi connectivity index (χ0) is 35.3. The number of rotatable bonds is 16. The summed E-state index contributed by atoms with van der Waals surface area (Å²) in [5, 5.41) is 5.06. The average Bonchev–Trinajstić information content (AvgIpc) is 3.66. The van der Waals surface area contributed by atoms with Crippen molar-refractivity contribution in [2.24, 2.45) is 11.7 Å². The van der Waals surface area contributed by atoms with Gasteiger partial charge in [0.1, 0.15) is 41.8 Å². The lowest BCUT2D eigenvalue weighted by atomic mass is 9.99. The van der Waals surface area contributed by atoms with Crippen LogP contribution in [0.1, 0.15) is 86.8 Å². The number of alkyl carbamates (subject to hydrolysis) is 1. The maximum Gasteiger partial charge on any atom is 0.435 e. The Bertz CT molecular complexity index is 1450. The number of carbonyl (C=O) groups excluding carboxylic acids is 2. The molecule has 2 aromatic heterocycles. The van der Waals surface area contributed by atoms with E-state index < -0.39 is 61.7 Å². The Morgan fingerprint density at radius 2 is 1.81 bits per heavy atom. The smallest absolute Gasteiger partial charge is 0.435 e. The lowest BCUT2D eigenvalue weighted by Crippen LogP contribution is -2.51. The van der Waals surface area contributed by atoms with E-state index in [0.29, 0.717) is 30.6 Å². The molecule has 4 rings (SSSR count). The molecule has 0 radical (unpaired) electrons. The van der Waals surface area contributed by atoms with Crippen molar-refractivity contribution in [3.05, 3.63) is 12.7 Å². The summed E-state index contributed by atoms with van der Waals surface area (Å²) in [5.74, 6) is -1.83. The molecule has 2 aliphatic rings. The largest absolute Gasteiger partial charge is 0.444 e. The van der Waals surface area contributed by atoms with Gasteiger partial charge in [0.25, 0.3) is 5.91 Å². The second-order valence-corrected chi connectivity index (χ2v) is 15.3. The molecule has 1 unspecified atom stereocenters. The van der Waals surface area contributed by atoms with Crippen molar-refractivity contribution >= 4 is 36.7 Å². The highest BCUT2D eigenvalue weighted by atomic mass is 31.2. The third-order valence-corrected chi connectivity index (χ3v) is 9.48. The number of amides is 2. The van der Waals surface area contributed by atoms with E-state index >= 15 is 0 Å². The summed E-state index contributed by atoms with van der Waals surface area (Å²) >= 11 is 0. The highest BCUT2D eigenvalue weighted by molar-refractivity contribution is 7.52. The van der Waals surface area contributed by atoms with Gasteiger partial charge in [0.05, 0.1) is 19.5 Å². The Morgan fingerprint density at radius 3 is 2.50 bits per heavy atom. The first kappa shape index (κ1) is 37.9. The summed E-state index contributed by atoms with van der Waals surface area (Å²) in [6, 6.07) is -1.08. The fourth-order valence-corrected chi connectivity index (χ4v) is 6.80. The van der Waals surface area contributed by atoms with Crippen LogP contribution in [-0.4, -0.2) is 87.0 Å². The number of carbonyl (C=O) groups is 2. The topological polar surface area (TPSA) is 226 Å². The van der Waals surface area contributed by atoms with Crippen LogP contribution in [0.25, 0.3) is 11.2 Å². The minimum atomic E-state index is -4.32. The summed E-state index contributed by atoms with van der Waals surface area (Å²) in [6.07, 6.45) is 2.86. The minimum Gasteiger partial charge on any atom is -0.444 e. The van der Waals surface area contributed by atoms with Crippen LogP contribution < -0.4 is 21.9 Å². The van der Waals surface area contributed by atoms with Gasteiger partial charge in [0.2, 0.25) is 0 Å². The molecule has 0 aromatic carbocycles. The van der Waals surface area contributed by atoms with Crippen molar-refractivity contribution in [1.29, 1.82) is 0 Å². The molecule has 48 heavy (non-hydrogen) atoms. The summed E-state index contributed by atoms with van der Waals surface area (Å²) in [7, 11) is -4.32. The number of hydrogen-bond donors (Lipinski definition) is 4. The van der Waals surface area contributed by atoms with Gasteiger partial charge in [-0.3, -0.25) is 23.5 Å². The molecule has 0 saturated carbocycles. The van der Waals surface area contributed by atoms with Gasteiger partial charge >= 0.3 is 13.8 Å². The number of nitrogens with zero attached hydrogens (tertiary/aromatic N) is 4. The van der Waals surface area contributed by atoms with Crippen LogP contribution >= 0.6 is 7.75 Å². The molecule has 0 spiro atoms. The monoisotopic (exact) mass is 698 g/mol. The number of nitrogens with two attached hydrogens (primary N) is 2. The van der Waals surface area contributed by atoms with E-state index in [2.05, 4.69) is 25.4 Å². The normalized spacial score (nSPS) is 24.5. The van der Waals surface area contributed by atoms with Gasteiger partial charge in [-0.2, -0.15) is 0 Å². The van der Waals surface area contributed by atoms with Gasteiger partial charge in [-0.15, -0.1) is 0 Å². The van der Waals surface area contributed by atoms with Crippen LogP contribution in [0.3, 0.4) is 0 Å². The Hall–Kier alpha value is -2.92. The third-order valence-electron chi connectivity index (χ3n) is 7.97. The van der Waals surface area contributed by atoms with Crippen LogP contribution in [-0.2, 0) is 37.4 Å². The first-order valence-electron chi connectivity index (χ1n) is 16.4. The molecule has 2 aromatic rings. The zero-order valence-corrected chi connectivity index (χ0v) is 29.7. The van der Waals surface area contributed by atoms with Gasteiger partial charge in [-0.05, 0) is 59.9 Å². The predicted molar refractivity (Wildman–Crippen MR) is 175 cm³/mol. The quantitative estimate of drug-likeness (QED) is 0.145. The standard InChI is InChI=1S/C30H51N8O9P/c1-8-18(2)20(36-28(40)47-29(3,4)5)26(39)37-48(41,42-14-12-10-9-11-13-31)43-15-19-22-23(46-30(6,7)45-22)27(44-19)38-17-35-21-24(32)33-16-34-25(21)38/h16-20,22-23,27H,8-15,31H2,1-7H3,(H,36,40)(H2,32,33,34)(H,37,39,41)/t18-,19+,20-,22+,23+,27+,48?/m0/s1. The second-order valence-electron chi connectivity index (χ2n) is 13.5. The van der Waals surface area contributed by atoms with Crippen LogP contribution in [0.4, 0.5) is 10.6 Å². The number of hydrogen-bond acceptors (Lipinski definition) is 14. The number of anilines is 1. The van der Waals surface area contributed by atoms with Gasteiger partial charge in [0.15, 0.2) is 23.5 Å². The number of nitrogen functional groups attached to an aromatic ring is 1. The highest BCUT2D eigenvalue weighted by Gasteiger charge is 2.56. The molecule has 2 aliphatic heterocycles. The molecule has 7 atom stereocenters. The maximum atomic E-state index is 14.2. The highest BCUT2D eigenvalue weighted by Crippen LogP contribution is 2.48. The van der Waals surface area contributed by atoms with Crippen molar-refractivity contribution in [2.45, 2.75) is 123 Å². The molecule has 270 valence electrons. The SMILES string of the molecule is CC[C@H](C)[C@H](NC(=O)OC(C)(C)C)C(=O)NP(=O)(OCCCCCCN)OC[C@H]1O[C@@H](n2cnc3c(N)ncnc32)[C@@H]2OC(C)(C)O[C@@H]21. The molecule has 6 N–H and O–H groups in total. The zero-order valence-electron chi connectivity index (χ0n) is 28.8. The fourth-order valence-electron chi connectivity index (χ4n) is 5.47. The Morgan fingerprint density at radius 1 is 1.10 bits per heavy atom. The fraction of sp³-hybridized carbons (Fsp3) is 0.767. The van der Waals surface area contributed by atoms with Gasteiger partial charge in [-0.25, -0.2) is 24.3 Å². The van der Waals surface area contributed by atoms with Crippen LogP contribution in [0, 0.1) is 5.92 Å². The lowest BCUT2D eigenvalue weighted by molar-refractivity contribution is -0.199. The van der Waals surface area contributed by atoms with Gasteiger partial charge in [-0.1, -0.05) is 33.1 Å². The van der Waals surface area contributed by atoms with Crippen molar-refractivity contribution in [3.63, 3.8) is 0 Å². The molecular formula is C30H51N8O9P. The van der Waals surface area contributed by atoms with E-state index in [1.807, 2.05) is 6.92 Å². The van der Waals surface area contributed by atoms with Crippen molar-refractivity contribution < 1.29 is 42.1 Å². The molecule has 17 nitrogen and oxygen atoms in total. The number of aromatic nitrogens is 4. The summed E-state index contributed by atoms with van der Waals surface area (Å²) in [5.41, 5.74) is 11.6. The van der Waals surface area contributed by atoms with E-state index in [1.54, 1.807) is 46.1 Å². The molecule has 4 heterocycles. The van der Waals surface area contributed by atoms with Gasteiger partial charge < -0.3 is 35.7 Å². The molecule has 18 heteroatoms. The molecular weight excluding hydrogens is 647 g/mol. The average molecular weight is 699 g/mol. The van der Waals surface area contributed by atoms with Crippen molar-refractivity contribution in [2.75, 3.05) is 25.5 Å². The van der Waals surface area contributed by atoms with Gasteiger partial charge in [0, 0.05) is 0 Å². The number of unbranched alkanes of at least 4 members (excludes halogenated alkanes) is 3. The number of fused-ring (bicyclic) bond motifs is 2. The molecule has 2 amide bonds. The van der Waals surface area contributed by atoms with Crippen LogP contribution in [0.2, 0.25) is 0 Å². The van der Waals surface area contributed by atoms with E-state index in [-0.39, 0.29) is 24.9 Å². The lowest BCUT2D eigenvalue weighted by Gasteiger charge is -2.28. The molecule has 2 saturated heterocycles. The third kappa shape index (κ3) is 9.61. The van der Waals surface area contributed by atoms with Crippen LogP contribution in [0.15, 0.2) is 12.7 Å². The Balaban J connectivity index is 1.53. The summed E-state index contributed by atoms with van der Waals surface area (Å²) < 4.78 is 51.7. The first-order valence-corrected chi connectivity index (χ1v) is 18.0. The maximum absolute atomic E-state index is 14.2. The summed E-state index contributed by atoms with van der Waals surface area (Å²) in [6.45, 7) is 12.7. The second kappa shape index (κ2) is 15.7. The first-order chi connectivity index (χ1) is 22.6. The number of ether oxygens (including phenoxy) is 4.